The van der Waals surface area contributed by atoms with Crippen LogP contribution in [0.2, 0.25) is 0 Å². The van der Waals surface area contributed by atoms with Crippen LogP contribution in [0.3, 0.4) is 0 Å². The molecule has 8 heteroatoms. The lowest BCUT2D eigenvalue weighted by molar-refractivity contribution is -0.119. The summed E-state index contributed by atoms with van der Waals surface area (Å²) in [5.74, 6) is 0.751. The molecule has 1 amide bonds. The van der Waals surface area contributed by atoms with Gasteiger partial charge in [-0.15, -0.1) is 0 Å². The Kier molecular flexibility index (Phi) is 5.55. The number of carbonyl (C=O) groups excluding carboxylic acids is 1. The van der Waals surface area contributed by atoms with Crippen molar-refractivity contribution in [3.63, 3.8) is 0 Å². The molecule has 0 fully saturated rings. The van der Waals surface area contributed by atoms with Gasteiger partial charge in [0, 0.05) is 12.6 Å². The summed E-state index contributed by atoms with van der Waals surface area (Å²) in [6, 6.07) is 14.6. The number of ether oxygens (including phenoxy) is 2. The number of hydrogen-bond acceptors (Lipinski definition) is 5. The lowest BCUT2D eigenvalue weighted by Crippen LogP contribution is -2.41. The van der Waals surface area contributed by atoms with E-state index in [1.54, 1.807) is 18.2 Å². The first-order valence-corrected chi connectivity index (χ1v) is 10.4. The molecule has 2 aromatic rings. The highest BCUT2D eigenvalue weighted by Gasteiger charge is 2.24. The van der Waals surface area contributed by atoms with Crippen molar-refractivity contribution < 1.29 is 22.7 Å². The van der Waals surface area contributed by atoms with Gasteiger partial charge < -0.3 is 14.8 Å². The Hall–Kier alpha value is -2.74. The van der Waals surface area contributed by atoms with Crippen LogP contribution in [-0.4, -0.2) is 40.5 Å². The number of anilines is 1. The molecule has 0 saturated carbocycles. The number of fused-ring (bicyclic) bond motifs is 1. The average molecular weight is 390 g/mol. The maximum Gasteiger partial charge on any atom is 0.240 e. The predicted octanol–water partition coefficient (Wildman–Crippen LogP) is 2.10. The van der Waals surface area contributed by atoms with Crippen LogP contribution in [0.1, 0.15) is 18.4 Å². The Morgan fingerprint density at radius 3 is 2.56 bits per heavy atom. The zero-order valence-corrected chi connectivity index (χ0v) is 16.0. The van der Waals surface area contributed by atoms with Gasteiger partial charge in [-0.3, -0.25) is 9.10 Å². The smallest absolute Gasteiger partial charge is 0.240 e. The number of carbonyl (C=O) groups is 1. The molecule has 1 aliphatic rings. The number of nitrogens with one attached hydrogen (secondary N) is 1. The summed E-state index contributed by atoms with van der Waals surface area (Å²) in [6.45, 7) is 2.21. The molecule has 0 bridgehead atoms. The Labute approximate surface area is 158 Å². The lowest BCUT2D eigenvalue weighted by Gasteiger charge is -2.22. The summed E-state index contributed by atoms with van der Waals surface area (Å²) in [5.41, 5.74) is 1.46. The van der Waals surface area contributed by atoms with Crippen LogP contribution in [0.25, 0.3) is 0 Å². The molecule has 1 N–H and O–H groups in total. The van der Waals surface area contributed by atoms with Gasteiger partial charge in [-0.1, -0.05) is 37.3 Å². The third kappa shape index (κ3) is 4.71. The minimum absolute atomic E-state index is 0.0928. The van der Waals surface area contributed by atoms with Gasteiger partial charge in [0.15, 0.2) is 11.5 Å². The first-order valence-electron chi connectivity index (χ1n) is 8.53. The predicted molar refractivity (Wildman–Crippen MR) is 103 cm³/mol. The van der Waals surface area contributed by atoms with E-state index in [0.717, 1.165) is 16.1 Å². The van der Waals surface area contributed by atoms with E-state index in [4.69, 9.17) is 9.47 Å². The van der Waals surface area contributed by atoms with Gasteiger partial charge in [0.25, 0.3) is 0 Å². The average Bonchev–Trinajstić information content (AvgIpc) is 3.11. The third-order valence-corrected chi connectivity index (χ3v) is 5.45. The maximum atomic E-state index is 12.4. The van der Waals surface area contributed by atoms with Crippen LogP contribution in [0.15, 0.2) is 48.5 Å². The Balaban J connectivity index is 1.67. The molecule has 0 aliphatic carbocycles. The summed E-state index contributed by atoms with van der Waals surface area (Å²) < 4.78 is 36.0. The van der Waals surface area contributed by atoms with E-state index in [1.807, 2.05) is 37.3 Å². The van der Waals surface area contributed by atoms with Crippen molar-refractivity contribution in [1.29, 1.82) is 0 Å². The molecule has 1 aliphatic heterocycles. The number of sulfonamides is 1. The molecule has 0 aromatic heterocycles. The summed E-state index contributed by atoms with van der Waals surface area (Å²) in [7, 11) is -3.65. The van der Waals surface area contributed by atoms with Crippen molar-refractivity contribution in [3.8, 4) is 11.5 Å². The van der Waals surface area contributed by atoms with Crippen LogP contribution < -0.4 is 19.1 Å². The fraction of sp³-hybridized carbons (Fsp3) is 0.316. The molecule has 1 heterocycles. The second-order valence-corrected chi connectivity index (χ2v) is 8.33. The van der Waals surface area contributed by atoms with Gasteiger partial charge in [-0.05, 0) is 23.6 Å². The quantitative estimate of drug-likeness (QED) is 0.783. The van der Waals surface area contributed by atoms with E-state index < -0.39 is 10.0 Å². The Morgan fingerprint density at radius 1 is 1.15 bits per heavy atom. The van der Waals surface area contributed by atoms with Gasteiger partial charge in [-0.2, -0.15) is 0 Å². The summed E-state index contributed by atoms with van der Waals surface area (Å²) >= 11 is 0. The summed E-state index contributed by atoms with van der Waals surface area (Å²) in [6.07, 6.45) is 1.07. The van der Waals surface area contributed by atoms with Gasteiger partial charge in [0.1, 0.15) is 6.54 Å². The molecule has 0 unspecified atom stereocenters. The number of nitrogens with zero attached hydrogens (tertiary/aromatic N) is 1. The monoisotopic (exact) mass is 390 g/mol. The van der Waals surface area contributed by atoms with E-state index in [-0.39, 0.29) is 25.2 Å². The molecule has 7 nitrogen and oxygen atoms in total. The molecule has 3 rings (SSSR count). The highest BCUT2D eigenvalue weighted by Crippen LogP contribution is 2.36. The van der Waals surface area contributed by atoms with Crippen molar-refractivity contribution in [2.24, 2.45) is 0 Å². The molecule has 0 saturated heterocycles. The zero-order chi connectivity index (χ0) is 19.4. The molecule has 0 spiro atoms. The van der Waals surface area contributed by atoms with Crippen LogP contribution in [0.4, 0.5) is 5.69 Å². The summed E-state index contributed by atoms with van der Waals surface area (Å²) in [4.78, 5) is 12.4. The normalized spacial score (nSPS) is 13.9. The molecule has 144 valence electrons. The Bertz CT molecular complexity index is 915. The number of rotatable bonds is 7. The third-order valence-electron chi connectivity index (χ3n) is 4.31. The van der Waals surface area contributed by atoms with Crippen LogP contribution >= 0.6 is 0 Å². The van der Waals surface area contributed by atoms with Crippen molar-refractivity contribution in [3.05, 3.63) is 54.1 Å². The largest absolute Gasteiger partial charge is 0.454 e. The second kappa shape index (κ2) is 7.87. The molecule has 2 aromatic carbocycles. The van der Waals surface area contributed by atoms with E-state index in [2.05, 4.69) is 5.32 Å². The standard InChI is InChI=1S/C19H22N2O5S/c1-14(15-6-4-3-5-7-15)11-20-19(22)12-21(27(2,23)24)16-8-9-17-18(10-16)26-13-25-17/h3-10,14H,11-13H2,1-2H3,(H,20,22)/t14-/m1/s1. The van der Waals surface area contributed by atoms with Crippen molar-refractivity contribution in [2.45, 2.75) is 12.8 Å². The van der Waals surface area contributed by atoms with Gasteiger partial charge >= 0.3 is 0 Å². The molecule has 27 heavy (non-hydrogen) atoms. The zero-order valence-electron chi connectivity index (χ0n) is 15.2. The van der Waals surface area contributed by atoms with Crippen molar-refractivity contribution >= 4 is 21.6 Å². The highest BCUT2D eigenvalue weighted by atomic mass is 32.2. The second-order valence-electron chi connectivity index (χ2n) is 6.42. The SMILES string of the molecule is C[C@H](CNC(=O)CN(c1ccc2c(c1)OCO2)S(C)(=O)=O)c1ccccc1. The molecular formula is C19H22N2O5S. The van der Waals surface area contributed by atoms with Crippen LogP contribution in [0, 0.1) is 0 Å². The highest BCUT2D eigenvalue weighted by molar-refractivity contribution is 7.92. The molecule has 0 radical (unpaired) electrons. The van der Waals surface area contributed by atoms with Crippen molar-refractivity contribution in [2.75, 3.05) is 30.4 Å². The van der Waals surface area contributed by atoms with E-state index in [1.165, 1.54) is 0 Å². The molecular weight excluding hydrogens is 368 g/mol. The number of benzene rings is 2. The maximum absolute atomic E-state index is 12.4. The van der Waals surface area contributed by atoms with Crippen LogP contribution in [-0.2, 0) is 14.8 Å². The van der Waals surface area contributed by atoms with Gasteiger partial charge in [-0.25, -0.2) is 8.42 Å². The van der Waals surface area contributed by atoms with E-state index in [0.29, 0.717) is 23.7 Å². The van der Waals surface area contributed by atoms with Gasteiger partial charge in [0.05, 0.1) is 11.9 Å². The van der Waals surface area contributed by atoms with Gasteiger partial charge in [0.2, 0.25) is 22.7 Å². The summed E-state index contributed by atoms with van der Waals surface area (Å²) in [5, 5.41) is 2.80. The first kappa shape index (κ1) is 19.0. The lowest BCUT2D eigenvalue weighted by atomic mass is 10.0. The van der Waals surface area contributed by atoms with Crippen LogP contribution in [0.5, 0.6) is 11.5 Å². The van der Waals surface area contributed by atoms with E-state index >= 15 is 0 Å². The minimum Gasteiger partial charge on any atom is -0.454 e. The fourth-order valence-electron chi connectivity index (χ4n) is 2.79. The topological polar surface area (TPSA) is 84.9 Å². The van der Waals surface area contributed by atoms with Crippen molar-refractivity contribution in [1.82, 2.24) is 5.32 Å². The van der Waals surface area contributed by atoms with E-state index in [9.17, 15) is 13.2 Å². The molecule has 1 atom stereocenters. The first-order chi connectivity index (χ1) is 12.8. The Morgan fingerprint density at radius 2 is 1.85 bits per heavy atom. The number of hydrogen-bond donors (Lipinski definition) is 1. The number of amides is 1. The minimum atomic E-state index is -3.65. The fourth-order valence-corrected chi connectivity index (χ4v) is 3.64.